The van der Waals surface area contributed by atoms with Crippen LogP contribution >= 0.6 is 0 Å². The summed E-state index contributed by atoms with van der Waals surface area (Å²) in [5.74, 6) is 0. The van der Waals surface area contributed by atoms with E-state index < -0.39 is 6.43 Å². The minimum absolute atomic E-state index is 0.0395. The third-order valence-electron chi connectivity index (χ3n) is 1.01. The topological polar surface area (TPSA) is 38.0 Å². The summed E-state index contributed by atoms with van der Waals surface area (Å²) in [6.07, 6.45) is -2.30. The number of alkyl halides is 2. The van der Waals surface area contributed by atoms with Crippen molar-refractivity contribution in [3.05, 3.63) is 0 Å². The fraction of sp³-hybridized carbons (Fsp3) is 1.00. The molecule has 0 aliphatic rings. The fourth-order valence-electron chi connectivity index (χ4n) is 0.541. The van der Waals surface area contributed by atoms with Crippen molar-refractivity contribution >= 4 is 0 Å². The van der Waals surface area contributed by atoms with Gasteiger partial charge < -0.3 is 11.1 Å². The van der Waals surface area contributed by atoms with Crippen LogP contribution in [0.1, 0.15) is 13.3 Å². The highest BCUT2D eigenvalue weighted by atomic mass is 19.3. The highest BCUT2D eigenvalue weighted by Crippen LogP contribution is 1.95. The second kappa shape index (κ2) is 5.56. The third kappa shape index (κ3) is 7.78. The summed E-state index contributed by atoms with van der Waals surface area (Å²) in [4.78, 5) is 0. The second-order valence-electron chi connectivity index (χ2n) is 2.36. The molecule has 0 spiro atoms. The van der Waals surface area contributed by atoms with E-state index in [1.165, 1.54) is 0 Å². The van der Waals surface area contributed by atoms with Gasteiger partial charge in [-0.15, -0.1) is 0 Å². The predicted molar refractivity (Wildman–Crippen MR) is 37.1 cm³/mol. The Kier molecular flexibility index (Phi) is 5.43. The summed E-state index contributed by atoms with van der Waals surface area (Å²) in [5, 5.41) is 2.81. The molecule has 62 valence electrons. The summed E-state index contributed by atoms with van der Waals surface area (Å²) in [7, 11) is 0. The first-order chi connectivity index (χ1) is 4.63. The molecule has 0 aliphatic carbocycles. The van der Waals surface area contributed by atoms with Crippen molar-refractivity contribution in [2.75, 3.05) is 13.1 Å². The first kappa shape index (κ1) is 9.78. The van der Waals surface area contributed by atoms with Gasteiger partial charge in [-0.1, -0.05) is 0 Å². The normalized spacial score (nSPS) is 14.1. The van der Waals surface area contributed by atoms with Gasteiger partial charge in [0.05, 0.1) is 0 Å². The van der Waals surface area contributed by atoms with E-state index in [9.17, 15) is 8.78 Å². The van der Waals surface area contributed by atoms with E-state index >= 15 is 0 Å². The highest BCUT2D eigenvalue weighted by molar-refractivity contribution is 4.57. The lowest BCUT2D eigenvalue weighted by Gasteiger charge is -2.05. The minimum Gasteiger partial charge on any atom is -0.327 e. The number of hydrogen-bond donors (Lipinski definition) is 2. The number of nitrogens with one attached hydrogen (secondary N) is 1. The predicted octanol–water partition coefficient (Wildman–Crippen LogP) is 0.578. The molecule has 0 amide bonds. The molecule has 0 rings (SSSR count). The quantitative estimate of drug-likeness (QED) is 0.565. The Labute approximate surface area is 59.8 Å². The molecule has 0 bridgehead atoms. The van der Waals surface area contributed by atoms with Crippen LogP contribution in [0.15, 0.2) is 0 Å². The second-order valence-corrected chi connectivity index (χ2v) is 2.36. The average Bonchev–Trinajstić information content (AvgIpc) is 1.79. The van der Waals surface area contributed by atoms with E-state index in [0.717, 1.165) is 0 Å². The molecular weight excluding hydrogens is 138 g/mol. The molecule has 0 aromatic rings. The smallest absolute Gasteiger partial charge is 0.239 e. The molecule has 0 aliphatic heterocycles. The maximum absolute atomic E-state index is 11.5. The molecule has 1 atom stereocenters. The van der Waals surface area contributed by atoms with Gasteiger partial charge >= 0.3 is 0 Å². The molecule has 0 radical (unpaired) electrons. The summed E-state index contributed by atoms with van der Waals surface area (Å²) in [5.41, 5.74) is 5.36. The van der Waals surface area contributed by atoms with E-state index in [1.54, 1.807) is 0 Å². The summed E-state index contributed by atoms with van der Waals surface area (Å²) in [6, 6.07) is 0.0395. The van der Waals surface area contributed by atoms with Gasteiger partial charge in [-0.2, -0.15) is 0 Å². The SMILES string of the molecule is C[C@@H](N)CNCCC(F)F. The Bertz CT molecular complexity index is 66.1. The van der Waals surface area contributed by atoms with Crippen LogP contribution in [0.3, 0.4) is 0 Å². The average molecular weight is 152 g/mol. The van der Waals surface area contributed by atoms with Crippen molar-refractivity contribution in [3.63, 3.8) is 0 Å². The van der Waals surface area contributed by atoms with Crippen molar-refractivity contribution in [2.24, 2.45) is 5.73 Å². The standard InChI is InChI=1S/C6H14F2N2/c1-5(9)4-10-3-2-6(7)8/h5-6,10H,2-4,9H2,1H3/t5-/m1/s1. The number of rotatable bonds is 5. The van der Waals surface area contributed by atoms with Crippen molar-refractivity contribution in [1.82, 2.24) is 5.32 Å². The number of halogens is 2. The molecule has 2 nitrogen and oxygen atoms in total. The largest absolute Gasteiger partial charge is 0.327 e. The summed E-state index contributed by atoms with van der Waals surface area (Å²) >= 11 is 0. The van der Waals surface area contributed by atoms with Crippen molar-refractivity contribution in [2.45, 2.75) is 25.8 Å². The van der Waals surface area contributed by atoms with Crippen LogP contribution in [-0.2, 0) is 0 Å². The zero-order chi connectivity index (χ0) is 7.98. The summed E-state index contributed by atoms with van der Waals surface area (Å²) in [6.45, 7) is 2.78. The molecule has 0 aromatic heterocycles. The van der Waals surface area contributed by atoms with Crippen LogP contribution in [0.5, 0.6) is 0 Å². The summed E-state index contributed by atoms with van der Waals surface area (Å²) < 4.78 is 23.0. The molecule has 4 heteroatoms. The van der Waals surface area contributed by atoms with E-state index in [1.807, 2.05) is 6.92 Å². The highest BCUT2D eigenvalue weighted by Gasteiger charge is 2.00. The lowest BCUT2D eigenvalue weighted by atomic mass is 10.3. The molecule has 0 saturated heterocycles. The van der Waals surface area contributed by atoms with Crippen LogP contribution in [0.25, 0.3) is 0 Å². The van der Waals surface area contributed by atoms with Gasteiger partial charge in [-0.3, -0.25) is 0 Å². The number of hydrogen-bond acceptors (Lipinski definition) is 2. The molecule has 0 saturated carbocycles. The van der Waals surface area contributed by atoms with Gasteiger partial charge in [0.25, 0.3) is 0 Å². The lowest BCUT2D eigenvalue weighted by Crippen LogP contribution is -2.32. The zero-order valence-electron chi connectivity index (χ0n) is 6.11. The lowest BCUT2D eigenvalue weighted by molar-refractivity contribution is 0.137. The Morgan fingerprint density at radius 1 is 1.50 bits per heavy atom. The van der Waals surface area contributed by atoms with E-state index in [0.29, 0.717) is 13.1 Å². The Morgan fingerprint density at radius 3 is 2.50 bits per heavy atom. The van der Waals surface area contributed by atoms with Gasteiger partial charge in [0.1, 0.15) is 0 Å². The molecule has 0 fully saturated rings. The first-order valence-corrected chi connectivity index (χ1v) is 3.37. The van der Waals surface area contributed by atoms with Gasteiger partial charge in [0.2, 0.25) is 6.43 Å². The molecule has 0 unspecified atom stereocenters. The fourth-order valence-corrected chi connectivity index (χ4v) is 0.541. The van der Waals surface area contributed by atoms with Crippen LogP contribution in [0.2, 0.25) is 0 Å². The molecule has 10 heavy (non-hydrogen) atoms. The molecule has 0 aromatic carbocycles. The maximum atomic E-state index is 11.5. The first-order valence-electron chi connectivity index (χ1n) is 3.37. The van der Waals surface area contributed by atoms with Crippen molar-refractivity contribution in [3.8, 4) is 0 Å². The van der Waals surface area contributed by atoms with Crippen LogP contribution < -0.4 is 11.1 Å². The molecular formula is C6H14F2N2. The minimum atomic E-state index is -2.21. The van der Waals surface area contributed by atoms with Gasteiger partial charge in [-0.05, 0) is 6.92 Å². The maximum Gasteiger partial charge on any atom is 0.239 e. The molecule has 0 heterocycles. The van der Waals surface area contributed by atoms with Gasteiger partial charge in [0, 0.05) is 25.6 Å². The van der Waals surface area contributed by atoms with Crippen molar-refractivity contribution in [1.29, 1.82) is 0 Å². The Balaban J connectivity index is 2.91. The van der Waals surface area contributed by atoms with E-state index in [4.69, 9.17) is 5.73 Å². The van der Waals surface area contributed by atoms with Crippen LogP contribution in [0, 0.1) is 0 Å². The van der Waals surface area contributed by atoms with Crippen LogP contribution in [0.4, 0.5) is 8.78 Å². The Morgan fingerprint density at radius 2 is 2.10 bits per heavy atom. The van der Waals surface area contributed by atoms with Crippen LogP contribution in [-0.4, -0.2) is 25.6 Å². The molecule has 3 N–H and O–H groups in total. The Hall–Kier alpha value is -0.220. The van der Waals surface area contributed by atoms with Crippen molar-refractivity contribution < 1.29 is 8.78 Å². The van der Waals surface area contributed by atoms with E-state index in [-0.39, 0.29) is 12.5 Å². The monoisotopic (exact) mass is 152 g/mol. The number of nitrogens with two attached hydrogens (primary N) is 1. The van der Waals surface area contributed by atoms with Gasteiger partial charge in [-0.25, -0.2) is 8.78 Å². The van der Waals surface area contributed by atoms with E-state index in [2.05, 4.69) is 5.32 Å². The third-order valence-corrected chi connectivity index (χ3v) is 1.01. The van der Waals surface area contributed by atoms with Gasteiger partial charge in [0.15, 0.2) is 0 Å². The zero-order valence-corrected chi connectivity index (χ0v) is 6.11.